The van der Waals surface area contributed by atoms with Crippen LogP contribution in [0.5, 0.6) is 11.5 Å². The molecule has 2 N–H and O–H groups in total. The van der Waals surface area contributed by atoms with E-state index in [9.17, 15) is 22.8 Å². The SMILES string of the molecule is COc1ccc(C(C(N)=O)(C(=O)N(C)CCc2ccc(C(F)(F)F)cc2)c2ccccc2)cc1OC. The maximum Gasteiger partial charge on any atom is 0.416 e. The van der Waals surface area contributed by atoms with Crippen LogP contribution in [-0.2, 0) is 27.6 Å². The average Bonchev–Trinajstić information content (AvgIpc) is 2.87. The molecule has 1 unspecified atom stereocenters. The van der Waals surface area contributed by atoms with E-state index in [-0.39, 0.29) is 13.0 Å². The Morgan fingerprint density at radius 1 is 0.833 bits per heavy atom. The maximum absolute atomic E-state index is 14.0. The molecule has 190 valence electrons. The van der Waals surface area contributed by atoms with Crippen LogP contribution in [0.25, 0.3) is 0 Å². The lowest BCUT2D eigenvalue weighted by atomic mass is 9.72. The second-order valence-electron chi connectivity index (χ2n) is 8.22. The number of alkyl halides is 3. The first-order valence-corrected chi connectivity index (χ1v) is 11.0. The number of ether oxygens (including phenoxy) is 2. The highest BCUT2D eigenvalue weighted by atomic mass is 19.4. The zero-order valence-corrected chi connectivity index (χ0v) is 20.1. The minimum absolute atomic E-state index is 0.138. The largest absolute Gasteiger partial charge is 0.493 e. The predicted octanol–water partition coefficient (Wildman–Crippen LogP) is 4.20. The Hall–Kier alpha value is -4.01. The van der Waals surface area contributed by atoms with Crippen LogP contribution >= 0.6 is 0 Å². The van der Waals surface area contributed by atoms with Gasteiger partial charge in [0.05, 0.1) is 19.8 Å². The van der Waals surface area contributed by atoms with Gasteiger partial charge in [-0.15, -0.1) is 0 Å². The van der Waals surface area contributed by atoms with Crippen molar-refractivity contribution in [1.82, 2.24) is 4.90 Å². The maximum atomic E-state index is 14.0. The van der Waals surface area contributed by atoms with Crippen molar-refractivity contribution in [2.75, 3.05) is 27.8 Å². The lowest BCUT2D eigenvalue weighted by molar-refractivity contribution is -0.140. The first-order valence-electron chi connectivity index (χ1n) is 11.0. The van der Waals surface area contributed by atoms with E-state index in [0.29, 0.717) is 28.2 Å². The van der Waals surface area contributed by atoms with Crippen molar-refractivity contribution < 1.29 is 32.2 Å². The summed E-state index contributed by atoms with van der Waals surface area (Å²) in [6.45, 7) is 0.138. The lowest BCUT2D eigenvalue weighted by Gasteiger charge is -2.34. The summed E-state index contributed by atoms with van der Waals surface area (Å²) in [6, 6.07) is 17.9. The Morgan fingerprint density at radius 3 is 1.94 bits per heavy atom. The number of nitrogens with zero attached hydrogens (tertiary/aromatic N) is 1. The van der Waals surface area contributed by atoms with E-state index in [4.69, 9.17) is 15.2 Å². The number of hydrogen-bond acceptors (Lipinski definition) is 4. The third kappa shape index (κ3) is 5.15. The number of halogens is 3. The third-order valence-corrected chi connectivity index (χ3v) is 6.08. The van der Waals surface area contributed by atoms with Crippen LogP contribution < -0.4 is 15.2 Å². The molecule has 0 saturated carbocycles. The Labute approximate surface area is 207 Å². The van der Waals surface area contributed by atoms with Crippen molar-refractivity contribution in [1.29, 1.82) is 0 Å². The van der Waals surface area contributed by atoms with E-state index in [1.807, 2.05) is 0 Å². The molecular weight excluding hydrogens is 473 g/mol. The Balaban J connectivity index is 2.00. The summed E-state index contributed by atoms with van der Waals surface area (Å²) in [4.78, 5) is 28.5. The van der Waals surface area contributed by atoms with Crippen molar-refractivity contribution in [2.45, 2.75) is 18.0 Å². The van der Waals surface area contributed by atoms with Crippen LogP contribution in [0, 0.1) is 0 Å². The van der Waals surface area contributed by atoms with Crippen LogP contribution in [0.2, 0.25) is 0 Å². The molecule has 0 aliphatic carbocycles. The molecule has 0 bridgehead atoms. The number of benzene rings is 3. The fraction of sp³-hybridized carbons (Fsp3) is 0.259. The summed E-state index contributed by atoms with van der Waals surface area (Å²) in [6.07, 6.45) is -4.16. The lowest BCUT2D eigenvalue weighted by Crippen LogP contribution is -2.54. The molecule has 0 saturated heterocycles. The molecule has 0 aliphatic rings. The van der Waals surface area contributed by atoms with E-state index in [1.165, 1.54) is 44.4 Å². The molecule has 0 radical (unpaired) electrons. The standard InChI is InChI=1S/C27H27F3N2O4/c1-32(16-15-18-9-11-20(12-10-18)27(28,29)30)25(34)26(24(31)33,19-7-5-4-6-8-19)21-13-14-22(35-2)23(17-21)36-3/h4-14,17H,15-16H2,1-3H3,(H2,31,33). The summed E-state index contributed by atoms with van der Waals surface area (Å²) >= 11 is 0. The Kier molecular flexibility index (Phi) is 7.92. The topological polar surface area (TPSA) is 81.9 Å². The number of methoxy groups -OCH3 is 2. The van der Waals surface area contributed by atoms with Gasteiger partial charge in [0.2, 0.25) is 11.8 Å². The fourth-order valence-corrected chi connectivity index (χ4v) is 4.11. The van der Waals surface area contributed by atoms with E-state index in [2.05, 4.69) is 0 Å². The second-order valence-corrected chi connectivity index (χ2v) is 8.22. The van der Waals surface area contributed by atoms with Gasteiger partial charge in [-0.3, -0.25) is 9.59 Å². The van der Waals surface area contributed by atoms with Gasteiger partial charge < -0.3 is 20.1 Å². The van der Waals surface area contributed by atoms with Crippen LogP contribution in [0.3, 0.4) is 0 Å². The van der Waals surface area contributed by atoms with Gasteiger partial charge in [0.25, 0.3) is 0 Å². The molecule has 0 fully saturated rings. The number of rotatable bonds is 9. The molecule has 9 heteroatoms. The fourth-order valence-electron chi connectivity index (χ4n) is 4.11. The molecule has 0 spiro atoms. The predicted molar refractivity (Wildman–Crippen MR) is 129 cm³/mol. The van der Waals surface area contributed by atoms with Gasteiger partial charge >= 0.3 is 6.18 Å². The Bertz CT molecular complexity index is 1210. The molecule has 3 rings (SSSR count). The monoisotopic (exact) mass is 500 g/mol. The molecular formula is C27H27F3N2O4. The smallest absolute Gasteiger partial charge is 0.416 e. The van der Waals surface area contributed by atoms with Crippen molar-refractivity contribution in [3.63, 3.8) is 0 Å². The van der Waals surface area contributed by atoms with E-state index in [0.717, 1.165) is 12.1 Å². The molecule has 1 atom stereocenters. The van der Waals surface area contributed by atoms with Crippen molar-refractivity contribution in [3.05, 3.63) is 95.1 Å². The minimum Gasteiger partial charge on any atom is -0.493 e. The molecule has 0 aliphatic heterocycles. The normalized spacial score (nSPS) is 12.9. The molecule has 36 heavy (non-hydrogen) atoms. The van der Waals surface area contributed by atoms with Crippen LogP contribution in [0.4, 0.5) is 13.2 Å². The quantitative estimate of drug-likeness (QED) is 0.447. The summed E-state index contributed by atoms with van der Waals surface area (Å²) in [5, 5.41) is 0. The Morgan fingerprint density at radius 2 is 1.42 bits per heavy atom. The average molecular weight is 501 g/mol. The zero-order valence-electron chi connectivity index (χ0n) is 20.1. The van der Waals surface area contributed by atoms with Crippen molar-refractivity contribution in [3.8, 4) is 11.5 Å². The van der Waals surface area contributed by atoms with Gasteiger partial charge in [-0.05, 0) is 47.4 Å². The summed E-state index contributed by atoms with van der Waals surface area (Å²) in [5.41, 5.74) is 4.59. The minimum atomic E-state index is -4.43. The zero-order chi connectivity index (χ0) is 26.5. The van der Waals surface area contributed by atoms with Crippen molar-refractivity contribution in [2.24, 2.45) is 5.73 Å². The second kappa shape index (κ2) is 10.7. The highest BCUT2D eigenvalue weighted by Crippen LogP contribution is 2.39. The number of carbonyl (C=O) groups is 2. The molecule has 3 aromatic rings. The molecule has 6 nitrogen and oxygen atoms in total. The van der Waals surface area contributed by atoms with Crippen LogP contribution in [0.15, 0.2) is 72.8 Å². The van der Waals surface area contributed by atoms with E-state index >= 15 is 0 Å². The number of primary amides is 1. The molecule has 0 heterocycles. The summed E-state index contributed by atoms with van der Waals surface area (Å²) in [7, 11) is 4.43. The number of carbonyl (C=O) groups excluding carboxylic acids is 2. The van der Waals surface area contributed by atoms with Gasteiger partial charge in [0.15, 0.2) is 16.9 Å². The van der Waals surface area contributed by atoms with Gasteiger partial charge in [0, 0.05) is 13.6 Å². The number of amides is 2. The van der Waals surface area contributed by atoms with Gasteiger partial charge in [-0.2, -0.15) is 13.2 Å². The van der Waals surface area contributed by atoms with Gasteiger partial charge in [0.1, 0.15) is 0 Å². The van der Waals surface area contributed by atoms with E-state index in [1.54, 1.807) is 42.5 Å². The van der Waals surface area contributed by atoms with E-state index < -0.39 is 29.0 Å². The van der Waals surface area contributed by atoms with Gasteiger partial charge in [-0.25, -0.2) is 0 Å². The first kappa shape index (κ1) is 26.6. The van der Waals surface area contributed by atoms with Crippen LogP contribution in [-0.4, -0.2) is 44.5 Å². The third-order valence-electron chi connectivity index (χ3n) is 6.08. The number of likely N-dealkylation sites (N-methyl/N-ethyl adjacent to an activating group) is 1. The van der Waals surface area contributed by atoms with Crippen LogP contribution in [0.1, 0.15) is 22.3 Å². The van der Waals surface area contributed by atoms with Gasteiger partial charge in [-0.1, -0.05) is 48.5 Å². The first-order chi connectivity index (χ1) is 17.0. The summed E-state index contributed by atoms with van der Waals surface area (Å²) in [5.74, 6) is -0.736. The number of nitrogens with two attached hydrogens (primary N) is 1. The molecule has 0 aromatic heterocycles. The summed E-state index contributed by atoms with van der Waals surface area (Å²) < 4.78 is 49.2. The molecule has 2 amide bonds. The van der Waals surface area contributed by atoms with Crippen molar-refractivity contribution >= 4 is 11.8 Å². The number of hydrogen-bond donors (Lipinski definition) is 1. The highest BCUT2D eigenvalue weighted by molar-refractivity contribution is 6.13. The highest BCUT2D eigenvalue weighted by Gasteiger charge is 2.49. The molecule has 3 aromatic carbocycles.